The third-order valence-electron chi connectivity index (χ3n) is 2.12. The molecule has 10 heteroatoms. The van der Waals surface area contributed by atoms with Gasteiger partial charge in [-0.3, -0.25) is 4.79 Å². The quantitative estimate of drug-likeness (QED) is 0.664. The molecule has 0 fully saturated rings. The fourth-order valence-corrected chi connectivity index (χ4v) is 6.73. The van der Waals surface area contributed by atoms with Crippen LogP contribution in [0.2, 0.25) is 0 Å². The predicted molar refractivity (Wildman–Crippen MR) is 84.5 cm³/mol. The number of aliphatic carboxylic acids is 1. The lowest BCUT2D eigenvalue weighted by molar-refractivity contribution is -0.139. The van der Waals surface area contributed by atoms with Crippen LogP contribution in [0, 0.1) is 0 Å². The maximum Gasteiger partial charge on any atom is 0.321 e. The molecule has 0 amide bonds. The summed E-state index contributed by atoms with van der Waals surface area (Å²) in [7, 11) is -3.85. The van der Waals surface area contributed by atoms with Gasteiger partial charge in [-0.2, -0.15) is 16.5 Å². The van der Waals surface area contributed by atoms with E-state index in [1.807, 2.05) is 6.26 Å². The molecule has 0 aromatic carbocycles. The van der Waals surface area contributed by atoms with Gasteiger partial charge in [0.05, 0.1) is 7.57 Å². The number of carbonyl (C=O) groups is 1. The minimum Gasteiger partial charge on any atom is -0.480 e. The number of hydrogen-bond acceptors (Lipinski definition) is 5. The van der Waals surface area contributed by atoms with Crippen molar-refractivity contribution >= 4 is 71.0 Å². The van der Waals surface area contributed by atoms with Crippen LogP contribution in [-0.2, 0) is 14.8 Å². The van der Waals surface area contributed by atoms with Crippen LogP contribution in [0.1, 0.15) is 6.42 Å². The van der Waals surface area contributed by atoms with Crippen molar-refractivity contribution in [3.05, 3.63) is 13.6 Å². The van der Waals surface area contributed by atoms with Crippen molar-refractivity contribution in [2.75, 3.05) is 12.0 Å². The van der Waals surface area contributed by atoms with Gasteiger partial charge in [0, 0.05) is 0 Å². The number of sulfonamides is 1. The first-order valence-corrected chi connectivity index (χ1v) is 10.2. The minimum absolute atomic E-state index is 0.0415. The van der Waals surface area contributed by atoms with Gasteiger partial charge in [-0.25, -0.2) is 8.42 Å². The Morgan fingerprint density at radius 2 is 2.21 bits per heavy atom. The monoisotopic (exact) mass is 451 g/mol. The number of carboxylic acids is 1. The Morgan fingerprint density at radius 1 is 1.58 bits per heavy atom. The minimum atomic E-state index is -3.85. The van der Waals surface area contributed by atoms with Crippen molar-refractivity contribution in [2.45, 2.75) is 17.4 Å². The van der Waals surface area contributed by atoms with Gasteiger partial charge in [0.1, 0.15) is 10.9 Å². The molecule has 1 rings (SSSR count). The molecular weight excluding hydrogens is 442 g/mol. The summed E-state index contributed by atoms with van der Waals surface area (Å²) in [5.74, 6) is -0.614. The van der Waals surface area contributed by atoms with Crippen LogP contribution < -0.4 is 4.72 Å². The van der Waals surface area contributed by atoms with Gasteiger partial charge in [0.15, 0.2) is 0 Å². The van der Waals surface area contributed by atoms with Crippen molar-refractivity contribution in [1.29, 1.82) is 0 Å². The summed E-state index contributed by atoms with van der Waals surface area (Å²) in [6.07, 6.45) is 2.07. The van der Waals surface area contributed by atoms with E-state index >= 15 is 0 Å². The van der Waals surface area contributed by atoms with Crippen LogP contribution in [0.4, 0.5) is 0 Å². The second-order valence-electron chi connectivity index (χ2n) is 3.48. The first-order chi connectivity index (χ1) is 8.77. The Hall–Kier alpha value is 0.390. The van der Waals surface area contributed by atoms with E-state index in [0.29, 0.717) is 13.3 Å². The van der Waals surface area contributed by atoms with Crippen LogP contribution in [0.25, 0.3) is 0 Å². The van der Waals surface area contributed by atoms with Crippen molar-refractivity contribution in [1.82, 2.24) is 4.72 Å². The number of carboxylic acid groups (broad SMARTS) is 1. The smallest absolute Gasteiger partial charge is 0.321 e. The molecule has 0 saturated carbocycles. The molecule has 0 spiro atoms. The molecule has 1 aromatic heterocycles. The van der Waals surface area contributed by atoms with Gasteiger partial charge in [0.25, 0.3) is 0 Å². The van der Waals surface area contributed by atoms with E-state index in [0.717, 1.165) is 0 Å². The number of thioether (sulfide) groups is 1. The van der Waals surface area contributed by atoms with Gasteiger partial charge in [0.2, 0.25) is 10.0 Å². The number of hydrogen-bond donors (Lipinski definition) is 2. The topological polar surface area (TPSA) is 83.5 Å². The van der Waals surface area contributed by atoms with E-state index < -0.39 is 22.0 Å². The highest BCUT2D eigenvalue weighted by Gasteiger charge is 2.27. The van der Waals surface area contributed by atoms with E-state index in [1.54, 1.807) is 0 Å². The second kappa shape index (κ2) is 7.41. The molecule has 0 aliphatic rings. The van der Waals surface area contributed by atoms with E-state index in [4.69, 9.17) is 5.11 Å². The molecule has 108 valence electrons. The van der Waals surface area contributed by atoms with Crippen LogP contribution in [0.3, 0.4) is 0 Å². The number of halogens is 2. The van der Waals surface area contributed by atoms with Gasteiger partial charge in [-0.05, 0) is 56.4 Å². The molecule has 0 bridgehead atoms. The van der Waals surface area contributed by atoms with Crippen molar-refractivity contribution in [3.63, 3.8) is 0 Å². The van der Waals surface area contributed by atoms with Crippen molar-refractivity contribution in [3.8, 4) is 0 Å². The Morgan fingerprint density at radius 3 is 2.63 bits per heavy atom. The van der Waals surface area contributed by atoms with Gasteiger partial charge < -0.3 is 5.11 Å². The van der Waals surface area contributed by atoms with E-state index in [1.165, 1.54) is 29.2 Å². The molecule has 0 aliphatic heterocycles. The maximum absolute atomic E-state index is 12.1. The molecule has 5 nitrogen and oxygen atoms in total. The van der Waals surface area contributed by atoms with Gasteiger partial charge in [-0.15, -0.1) is 11.3 Å². The second-order valence-corrected chi connectivity index (χ2v) is 9.90. The Kier molecular flexibility index (Phi) is 6.81. The first kappa shape index (κ1) is 17.4. The summed E-state index contributed by atoms with van der Waals surface area (Å²) in [4.78, 5) is 11.1. The Balaban J connectivity index is 2.94. The van der Waals surface area contributed by atoms with Gasteiger partial charge >= 0.3 is 5.97 Å². The summed E-state index contributed by atoms with van der Waals surface area (Å²) in [6, 6.07) is 0.313. The number of rotatable bonds is 7. The van der Waals surface area contributed by atoms with E-state index in [-0.39, 0.29) is 11.3 Å². The van der Waals surface area contributed by atoms with Crippen LogP contribution in [0.15, 0.2) is 18.5 Å². The summed E-state index contributed by atoms with van der Waals surface area (Å²) >= 11 is 9.02. The molecule has 0 saturated heterocycles. The molecule has 0 aliphatic carbocycles. The fourth-order valence-electron chi connectivity index (χ4n) is 1.23. The summed E-state index contributed by atoms with van der Waals surface area (Å²) in [5.41, 5.74) is 0. The number of thiophene rings is 1. The zero-order chi connectivity index (χ0) is 14.6. The third kappa shape index (κ3) is 5.01. The van der Waals surface area contributed by atoms with Crippen LogP contribution >= 0.6 is 55.0 Å². The van der Waals surface area contributed by atoms with Gasteiger partial charge in [-0.1, -0.05) is 0 Å². The molecule has 1 heterocycles. The van der Waals surface area contributed by atoms with Crippen LogP contribution in [0.5, 0.6) is 0 Å². The summed E-state index contributed by atoms with van der Waals surface area (Å²) < 4.78 is 27.5. The lowest BCUT2D eigenvalue weighted by Gasteiger charge is -2.13. The average Bonchev–Trinajstić information content (AvgIpc) is 2.64. The molecule has 0 unspecified atom stereocenters. The molecule has 19 heavy (non-hydrogen) atoms. The lowest BCUT2D eigenvalue weighted by atomic mass is 10.2. The first-order valence-electron chi connectivity index (χ1n) is 4.97. The highest BCUT2D eigenvalue weighted by Crippen LogP contribution is 2.34. The standard InChI is InChI=1S/C9H11Br2NO4S3/c1-17-3-2-5(9(13)14)12-19(15,16)6-4-7(10)18-8(6)11/h4-5,12H,2-3H2,1H3,(H,13,14)/t5-/m0/s1. The van der Waals surface area contributed by atoms with E-state index in [9.17, 15) is 13.2 Å². The highest BCUT2D eigenvalue weighted by atomic mass is 79.9. The normalized spacial score (nSPS) is 13.4. The predicted octanol–water partition coefficient (Wildman–Crippen LogP) is 2.76. The molecule has 1 atom stereocenters. The van der Waals surface area contributed by atoms with Crippen molar-refractivity contribution < 1.29 is 18.3 Å². The van der Waals surface area contributed by atoms with Crippen molar-refractivity contribution in [2.24, 2.45) is 0 Å². The Bertz CT molecular complexity index is 558. The highest BCUT2D eigenvalue weighted by molar-refractivity contribution is 9.12. The summed E-state index contributed by atoms with van der Waals surface area (Å²) in [6.45, 7) is 0. The largest absolute Gasteiger partial charge is 0.480 e. The number of nitrogens with one attached hydrogen (secondary N) is 1. The molecular formula is C9H11Br2NO4S3. The lowest BCUT2D eigenvalue weighted by Crippen LogP contribution is -2.41. The van der Waals surface area contributed by atoms with E-state index in [2.05, 4.69) is 36.6 Å². The zero-order valence-electron chi connectivity index (χ0n) is 9.72. The summed E-state index contributed by atoms with van der Waals surface area (Å²) in [5, 5.41) is 9.03. The zero-order valence-corrected chi connectivity index (χ0v) is 15.3. The molecule has 1 aromatic rings. The Labute approximate surface area is 136 Å². The molecule has 0 radical (unpaired) electrons. The maximum atomic E-state index is 12.1. The fraction of sp³-hybridized carbons (Fsp3) is 0.444. The van der Waals surface area contributed by atoms with Crippen LogP contribution in [-0.4, -0.2) is 37.5 Å². The third-order valence-corrected chi connectivity index (χ3v) is 6.99. The SMILES string of the molecule is CSCC[C@H](NS(=O)(=O)c1cc(Br)sc1Br)C(=O)O. The molecule has 2 N–H and O–H groups in total. The average molecular weight is 453 g/mol.